The molecule has 0 amide bonds. The second-order valence-corrected chi connectivity index (χ2v) is 5.13. The van der Waals surface area contributed by atoms with Crippen molar-refractivity contribution in [1.82, 2.24) is 4.90 Å². The Hall–Kier alpha value is -0.740. The Morgan fingerprint density at radius 3 is 2.39 bits per heavy atom. The minimum absolute atomic E-state index is 0.00507. The molecular weight excluding hydrogens is 263 g/mol. The standard InChI is InChI=1S/C13H15ClF3N/c14-9-12(13(15,16)17)6-7-18(10-12)8-11-4-2-1-3-5-11/h1-5H,6-10H2. The van der Waals surface area contributed by atoms with Crippen molar-refractivity contribution in [2.75, 3.05) is 19.0 Å². The Kier molecular flexibility index (Phi) is 3.87. The molecule has 1 fully saturated rings. The minimum Gasteiger partial charge on any atom is -0.298 e. The summed E-state index contributed by atoms with van der Waals surface area (Å²) in [4.78, 5) is 1.82. The Morgan fingerprint density at radius 2 is 1.89 bits per heavy atom. The molecule has 1 heterocycles. The quantitative estimate of drug-likeness (QED) is 0.762. The van der Waals surface area contributed by atoms with Crippen molar-refractivity contribution < 1.29 is 13.2 Å². The van der Waals surface area contributed by atoms with Crippen molar-refractivity contribution in [3.8, 4) is 0 Å². The Labute approximate surface area is 110 Å². The van der Waals surface area contributed by atoms with Gasteiger partial charge in [0.1, 0.15) is 0 Å². The molecule has 2 rings (SSSR count). The van der Waals surface area contributed by atoms with Gasteiger partial charge in [0.25, 0.3) is 0 Å². The van der Waals surface area contributed by atoms with Gasteiger partial charge < -0.3 is 0 Å². The van der Waals surface area contributed by atoms with E-state index >= 15 is 0 Å². The van der Waals surface area contributed by atoms with Gasteiger partial charge in [-0.15, -0.1) is 11.6 Å². The second-order valence-electron chi connectivity index (χ2n) is 4.86. The molecule has 0 bridgehead atoms. The van der Waals surface area contributed by atoms with Crippen LogP contribution in [0.25, 0.3) is 0 Å². The number of hydrogen-bond acceptors (Lipinski definition) is 1. The van der Waals surface area contributed by atoms with Gasteiger partial charge in [-0.05, 0) is 18.5 Å². The van der Waals surface area contributed by atoms with E-state index in [4.69, 9.17) is 11.6 Å². The molecule has 1 aliphatic rings. The molecule has 1 unspecified atom stereocenters. The summed E-state index contributed by atoms with van der Waals surface area (Å²) in [5.74, 6) is -0.359. The van der Waals surface area contributed by atoms with Crippen molar-refractivity contribution in [1.29, 1.82) is 0 Å². The summed E-state index contributed by atoms with van der Waals surface area (Å²) in [6, 6.07) is 9.53. The van der Waals surface area contributed by atoms with Gasteiger partial charge in [-0.3, -0.25) is 4.90 Å². The molecule has 0 radical (unpaired) electrons. The molecule has 0 N–H and O–H groups in total. The fraction of sp³-hybridized carbons (Fsp3) is 0.538. The topological polar surface area (TPSA) is 3.24 Å². The summed E-state index contributed by atoms with van der Waals surface area (Å²) in [7, 11) is 0. The van der Waals surface area contributed by atoms with Gasteiger partial charge >= 0.3 is 6.18 Å². The van der Waals surface area contributed by atoms with E-state index in [9.17, 15) is 13.2 Å². The third-order valence-electron chi connectivity index (χ3n) is 3.54. The van der Waals surface area contributed by atoms with Crippen molar-refractivity contribution in [3.05, 3.63) is 35.9 Å². The summed E-state index contributed by atoms with van der Waals surface area (Å²) in [5, 5.41) is 0. The van der Waals surface area contributed by atoms with Gasteiger partial charge in [0.2, 0.25) is 0 Å². The molecule has 1 nitrogen and oxygen atoms in total. The second kappa shape index (κ2) is 5.10. The van der Waals surface area contributed by atoms with Crippen LogP contribution in [0.4, 0.5) is 13.2 Å². The van der Waals surface area contributed by atoms with Crippen molar-refractivity contribution in [2.24, 2.45) is 5.41 Å². The molecular formula is C13H15ClF3N. The third kappa shape index (κ3) is 2.64. The number of alkyl halides is 4. The summed E-state index contributed by atoms with van der Waals surface area (Å²) in [6.45, 7) is 0.992. The van der Waals surface area contributed by atoms with Crippen LogP contribution in [0.3, 0.4) is 0 Å². The van der Waals surface area contributed by atoms with E-state index in [1.54, 1.807) is 0 Å². The monoisotopic (exact) mass is 277 g/mol. The van der Waals surface area contributed by atoms with Crippen LogP contribution in [-0.4, -0.2) is 30.0 Å². The highest BCUT2D eigenvalue weighted by Crippen LogP contribution is 2.46. The predicted molar refractivity (Wildman–Crippen MR) is 65.5 cm³/mol. The zero-order valence-corrected chi connectivity index (χ0v) is 10.6. The maximum Gasteiger partial charge on any atom is 0.396 e. The summed E-state index contributed by atoms with van der Waals surface area (Å²) < 4.78 is 39.1. The van der Waals surface area contributed by atoms with Crippen molar-refractivity contribution >= 4 is 11.6 Å². The first-order chi connectivity index (χ1) is 8.47. The average Bonchev–Trinajstić information content (AvgIpc) is 2.74. The van der Waals surface area contributed by atoms with Gasteiger partial charge in [-0.2, -0.15) is 13.2 Å². The Bertz CT molecular complexity index is 393. The van der Waals surface area contributed by atoms with Gasteiger partial charge in [0, 0.05) is 19.0 Å². The maximum atomic E-state index is 13.0. The van der Waals surface area contributed by atoms with Crippen LogP contribution in [0.2, 0.25) is 0 Å². The molecule has 5 heteroatoms. The lowest BCUT2D eigenvalue weighted by Crippen LogP contribution is -2.42. The molecule has 1 atom stereocenters. The van der Waals surface area contributed by atoms with E-state index in [1.165, 1.54) is 0 Å². The molecule has 100 valence electrons. The first-order valence-corrected chi connectivity index (χ1v) is 6.39. The van der Waals surface area contributed by atoms with Crippen LogP contribution in [-0.2, 0) is 6.54 Å². The largest absolute Gasteiger partial charge is 0.396 e. The first-order valence-electron chi connectivity index (χ1n) is 5.86. The van der Waals surface area contributed by atoms with E-state index in [-0.39, 0.29) is 18.8 Å². The highest BCUT2D eigenvalue weighted by atomic mass is 35.5. The minimum atomic E-state index is -4.22. The average molecular weight is 278 g/mol. The van der Waals surface area contributed by atoms with Gasteiger partial charge in [0.15, 0.2) is 0 Å². The van der Waals surface area contributed by atoms with E-state index < -0.39 is 11.6 Å². The zero-order valence-electron chi connectivity index (χ0n) is 9.88. The lowest BCUT2D eigenvalue weighted by Gasteiger charge is -2.29. The van der Waals surface area contributed by atoms with Crippen LogP contribution < -0.4 is 0 Å². The van der Waals surface area contributed by atoms with E-state index in [0.717, 1.165) is 5.56 Å². The Morgan fingerprint density at radius 1 is 1.22 bits per heavy atom. The number of benzene rings is 1. The molecule has 0 spiro atoms. The third-order valence-corrected chi connectivity index (χ3v) is 4.05. The molecule has 0 saturated carbocycles. The van der Waals surface area contributed by atoms with E-state index in [0.29, 0.717) is 13.1 Å². The first kappa shape index (κ1) is 13.7. The number of hydrogen-bond donors (Lipinski definition) is 0. The van der Waals surface area contributed by atoms with Gasteiger partial charge in [-0.1, -0.05) is 30.3 Å². The lowest BCUT2D eigenvalue weighted by atomic mass is 9.89. The van der Waals surface area contributed by atoms with Crippen LogP contribution in [0, 0.1) is 5.41 Å². The van der Waals surface area contributed by atoms with Gasteiger partial charge in [0.05, 0.1) is 5.41 Å². The highest BCUT2D eigenvalue weighted by Gasteiger charge is 2.57. The Balaban J connectivity index is 2.04. The van der Waals surface area contributed by atoms with Crippen molar-refractivity contribution in [3.63, 3.8) is 0 Å². The molecule has 1 aliphatic heterocycles. The van der Waals surface area contributed by atoms with Gasteiger partial charge in [-0.25, -0.2) is 0 Å². The molecule has 18 heavy (non-hydrogen) atoms. The SMILES string of the molecule is FC(F)(F)C1(CCl)CCN(Cc2ccccc2)C1. The smallest absolute Gasteiger partial charge is 0.298 e. The zero-order chi connectivity index (χ0) is 13.2. The van der Waals surface area contributed by atoms with Crippen molar-refractivity contribution in [2.45, 2.75) is 19.1 Å². The van der Waals surface area contributed by atoms with E-state index in [1.807, 2.05) is 35.2 Å². The molecule has 1 aromatic carbocycles. The van der Waals surface area contributed by atoms with Crippen LogP contribution in [0.15, 0.2) is 30.3 Å². The number of likely N-dealkylation sites (tertiary alicyclic amines) is 1. The fourth-order valence-corrected chi connectivity index (χ4v) is 2.72. The highest BCUT2D eigenvalue weighted by molar-refractivity contribution is 6.18. The predicted octanol–water partition coefficient (Wildman–Crippen LogP) is 3.68. The molecule has 0 aromatic heterocycles. The van der Waals surface area contributed by atoms with E-state index in [2.05, 4.69) is 0 Å². The van der Waals surface area contributed by atoms with Crippen LogP contribution in [0.5, 0.6) is 0 Å². The van der Waals surface area contributed by atoms with Crippen LogP contribution >= 0.6 is 11.6 Å². The molecule has 0 aliphatic carbocycles. The normalized spacial score (nSPS) is 25.6. The number of rotatable bonds is 3. The molecule has 1 aromatic rings. The summed E-state index contributed by atoms with van der Waals surface area (Å²) in [6.07, 6.45) is -4.13. The summed E-state index contributed by atoms with van der Waals surface area (Å²) >= 11 is 5.57. The van der Waals surface area contributed by atoms with Crippen LogP contribution in [0.1, 0.15) is 12.0 Å². The fourth-order valence-electron chi connectivity index (χ4n) is 2.35. The number of halogens is 4. The molecule has 1 saturated heterocycles. The maximum absolute atomic E-state index is 13.0. The number of nitrogens with zero attached hydrogens (tertiary/aromatic N) is 1. The lowest BCUT2D eigenvalue weighted by molar-refractivity contribution is -0.211. The summed E-state index contributed by atoms with van der Waals surface area (Å²) in [5.41, 5.74) is -0.700.